The zero-order valence-corrected chi connectivity index (χ0v) is 27.2. The highest BCUT2D eigenvalue weighted by molar-refractivity contribution is 9.10. The third-order valence-electron chi connectivity index (χ3n) is 8.27. The lowest BCUT2D eigenvalue weighted by Crippen LogP contribution is -2.48. The number of fused-ring (bicyclic) bond motifs is 1. The number of pyridine rings is 1. The predicted molar refractivity (Wildman–Crippen MR) is 176 cm³/mol. The van der Waals surface area contributed by atoms with Gasteiger partial charge in [-0.05, 0) is 71.6 Å². The van der Waals surface area contributed by atoms with E-state index in [4.69, 9.17) is 0 Å². The number of aryl methyl sites for hydroxylation is 2. The quantitative estimate of drug-likeness (QED) is 0.133. The van der Waals surface area contributed by atoms with E-state index in [9.17, 15) is 14.4 Å². The standard InChI is InChI=1S/C33H32BrN9O3/c1-5-26-23(17-41-12-6-11-37-41)14-28(33(46)39-32-19(2)7-10-29(34)38-32)43(26)30(45)18-42-27-9-8-22(24-15-35-21(4)36-16-24)13-25(27)31(40-42)20(3)44/h5-13,15-16,23,26,28H,1,14,17-18H2,2-4H3,(H,38,39,46)/t23-,26-,28+/m1/s1. The van der Waals surface area contributed by atoms with Gasteiger partial charge in [0.05, 0.1) is 11.6 Å². The van der Waals surface area contributed by atoms with Crippen LogP contribution in [-0.2, 0) is 22.7 Å². The lowest BCUT2D eigenvalue weighted by Gasteiger charge is -2.29. The van der Waals surface area contributed by atoms with Crippen molar-refractivity contribution >= 4 is 50.2 Å². The Hall–Kier alpha value is -5.04. The number of ketones is 1. The molecule has 6 rings (SSSR count). The number of anilines is 1. The zero-order valence-electron chi connectivity index (χ0n) is 25.6. The summed E-state index contributed by atoms with van der Waals surface area (Å²) < 4.78 is 3.90. The normalized spacial score (nSPS) is 17.7. The molecule has 0 radical (unpaired) electrons. The fourth-order valence-electron chi connectivity index (χ4n) is 6.01. The van der Waals surface area contributed by atoms with Gasteiger partial charge in [-0.15, -0.1) is 6.58 Å². The van der Waals surface area contributed by atoms with Crippen molar-refractivity contribution in [2.24, 2.45) is 5.92 Å². The maximum absolute atomic E-state index is 14.3. The van der Waals surface area contributed by atoms with Crippen molar-refractivity contribution in [2.75, 3.05) is 5.32 Å². The number of hydrogen-bond donors (Lipinski definition) is 1. The molecule has 46 heavy (non-hydrogen) atoms. The van der Waals surface area contributed by atoms with Gasteiger partial charge in [0.25, 0.3) is 0 Å². The lowest BCUT2D eigenvalue weighted by atomic mass is 9.98. The van der Waals surface area contributed by atoms with Crippen LogP contribution in [-0.4, -0.2) is 69.1 Å². The van der Waals surface area contributed by atoms with Gasteiger partial charge < -0.3 is 10.2 Å². The molecule has 4 aromatic heterocycles. The SMILES string of the molecule is C=C[C@@H]1[C@@H](Cn2cccn2)C[C@@H](C(=O)Nc2nc(Br)ccc2C)N1C(=O)Cn1nc(C(C)=O)c2cc(-c3cnc(C)nc3)ccc21. The highest BCUT2D eigenvalue weighted by atomic mass is 79.9. The molecule has 0 saturated carbocycles. The van der Waals surface area contributed by atoms with Crippen LogP contribution in [0.25, 0.3) is 22.0 Å². The molecule has 0 bridgehead atoms. The number of Topliss-reactive ketones (excluding diaryl/α,β-unsaturated/α-hetero) is 1. The molecule has 234 valence electrons. The van der Waals surface area contributed by atoms with Gasteiger partial charge in [0.1, 0.15) is 34.5 Å². The number of amides is 2. The number of benzene rings is 1. The van der Waals surface area contributed by atoms with E-state index in [1.54, 1.807) is 40.3 Å². The van der Waals surface area contributed by atoms with Crippen LogP contribution in [0.3, 0.4) is 0 Å². The molecule has 5 aromatic rings. The number of halogens is 1. The maximum Gasteiger partial charge on any atom is 0.248 e. The fraction of sp³-hybridized carbons (Fsp3) is 0.273. The van der Waals surface area contributed by atoms with Gasteiger partial charge in [-0.2, -0.15) is 10.2 Å². The van der Waals surface area contributed by atoms with E-state index in [1.165, 1.54) is 11.6 Å². The fourth-order valence-corrected chi connectivity index (χ4v) is 6.32. The minimum absolute atomic E-state index is 0.130. The molecule has 1 N–H and O–H groups in total. The number of aromatic nitrogens is 7. The molecule has 3 atom stereocenters. The van der Waals surface area contributed by atoms with Crippen LogP contribution in [0, 0.1) is 19.8 Å². The smallest absolute Gasteiger partial charge is 0.248 e. The molecular formula is C33H32BrN9O3. The molecule has 2 amide bonds. The Bertz CT molecular complexity index is 1950. The van der Waals surface area contributed by atoms with E-state index in [2.05, 4.69) is 53.0 Å². The first-order valence-electron chi connectivity index (χ1n) is 14.8. The van der Waals surface area contributed by atoms with E-state index in [0.717, 1.165) is 16.7 Å². The summed E-state index contributed by atoms with van der Waals surface area (Å²) in [7, 11) is 0. The van der Waals surface area contributed by atoms with E-state index < -0.39 is 12.1 Å². The van der Waals surface area contributed by atoms with E-state index in [1.807, 2.05) is 50.4 Å². The second-order valence-electron chi connectivity index (χ2n) is 11.4. The van der Waals surface area contributed by atoms with Crippen LogP contribution in [0.1, 0.15) is 35.2 Å². The second-order valence-corrected chi connectivity index (χ2v) is 12.2. The largest absolute Gasteiger partial charge is 0.322 e. The summed E-state index contributed by atoms with van der Waals surface area (Å²) >= 11 is 3.37. The van der Waals surface area contributed by atoms with Gasteiger partial charge in [0.15, 0.2) is 5.78 Å². The molecule has 0 aliphatic carbocycles. The number of rotatable bonds is 9. The molecule has 0 spiro atoms. The Balaban J connectivity index is 1.34. The number of nitrogens with one attached hydrogen (secondary N) is 1. The highest BCUT2D eigenvalue weighted by Gasteiger charge is 2.46. The third-order valence-corrected chi connectivity index (χ3v) is 8.71. The molecule has 1 aliphatic rings. The number of nitrogens with zero attached hydrogens (tertiary/aromatic N) is 8. The molecular weight excluding hydrogens is 650 g/mol. The zero-order chi connectivity index (χ0) is 32.5. The van der Waals surface area contributed by atoms with Crippen molar-refractivity contribution < 1.29 is 14.4 Å². The van der Waals surface area contributed by atoms with Crippen molar-refractivity contribution in [3.8, 4) is 11.1 Å². The average Bonchev–Trinajstić information content (AvgIpc) is 3.77. The number of hydrogen-bond acceptors (Lipinski definition) is 8. The summed E-state index contributed by atoms with van der Waals surface area (Å²) in [6.45, 7) is 9.46. The molecule has 5 heterocycles. The third kappa shape index (κ3) is 6.10. The number of carbonyl (C=O) groups is 3. The molecule has 1 saturated heterocycles. The molecule has 1 fully saturated rings. The average molecular weight is 683 g/mol. The minimum Gasteiger partial charge on any atom is -0.322 e. The minimum atomic E-state index is -0.807. The van der Waals surface area contributed by atoms with Crippen LogP contribution in [0.2, 0.25) is 0 Å². The maximum atomic E-state index is 14.3. The first-order valence-corrected chi connectivity index (χ1v) is 15.6. The van der Waals surface area contributed by atoms with Crippen molar-refractivity contribution in [3.63, 3.8) is 0 Å². The summed E-state index contributed by atoms with van der Waals surface area (Å²) in [5.74, 6) is 0.0276. The van der Waals surface area contributed by atoms with Crippen LogP contribution >= 0.6 is 15.9 Å². The van der Waals surface area contributed by atoms with Crippen LogP contribution in [0.5, 0.6) is 0 Å². The monoisotopic (exact) mass is 681 g/mol. The Morgan fingerprint density at radius 3 is 2.59 bits per heavy atom. The molecule has 13 heteroatoms. The number of carbonyl (C=O) groups excluding carboxylic acids is 3. The Morgan fingerprint density at radius 2 is 1.89 bits per heavy atom. The van der Waals surface area contributed by atoms with E-state index in [0.29, 0.717) is 40.1 Å². The Kier molecular flexibility index (Phi) is 8.59. The summed E-state index contributed by atoms with van der Waals surface area (Å²) in [6.07, 6.45) is 9.10. The van der Waals surface area contributed by atoms with Crippen molar-refractivity contribution in [1.82, 2.24) is 39.4 Å². The van der Waals surface area contributed by atoms with Gasteiger partial charge in [-0.3, -0.25) is 23.7 Å². The lowest BCUT2D eigenvalue weighted by molar-refractivity contribution is -0.138. The summed E-state index contributed by atoms with van der Waals surface area (Å²) in [5, 5.41) is 12.5. The first-order chi connectivity index (χ1) is 22.1. The number of likely N-dealkylation sites (tertiary alicyclic amines) is 1. The van der Waals surface area contributed by atoms with Gasteiger partial charge >= 0.3 is 0 Å². The summed E-state index contributed by atoms with van der Waals surface area (Å²) in [5.41, 5.74) is 3.28. The van der Waals surface area contributed by atoms with Crippen LogP contribution < -0.4 is 5.32 Å². The Labute approximate surface area is 273 Å². The molecule has 0 unspecified atom stereocenters. The van der Waals surface area contributed by atoms with Crippen molar-refractivity contribution in [3.05, 3.63) is 95.5 Å². The topological polar surface area (TPSA) is 141 Å². The molecule has 12 nitrogen and oxygen atoms in total. The van der Waals surface area contributed by atoms with E-state index in [-0.39, 0.29) is 35.8 Å². The first kappa shape index (κ1) is 31.0. The second kappa shape index (κ2) is 12.8. The van der Waals surface area contributed by atoms with E-state index >= 15 is 0 Å². The highest BCUT2D eigenvalue weighted by Crippen LogP contribution is 2.34. The Morgan fingerprint density at radius 1 is 1.11 bits per heavy atom. The van der Waals surface area contributed by atoms with Crippen molar-refractivity contribution in [1.29, 1.82) is 0 Å². The van der Waals surface area contributed by atoms with Crippen LogP contribution in [0.4, 0.5) is 5.82 Å². The van der Waals surface area contributed by atoms with Crippen LogP contribution in [0.15, 0.2) is 78.4 Å². The predicted octanol–water partition coefficient (Wildman–Crippen LogP) is 4.78. The van der Waals surface area contributed by atoms with Gasteiger partial charge in [0.2, 0.25) is 11.8 Å². The summed E-state index contributed by atoms with van der Waals surface area (Å²) in [6, 6.07) is 9.80. The molecule has 1 aromatic carbocycles. The van der Waals surface area contributed by atoms with Gasteiger partial charge in [0, 0.05) is 55.1 Å². The van der Waals surface area contributed by atoms with Gasteiger partial charge in [-0.25, -0.2) is 15.0 Å². The summed E-state index contributed by atoms with van der Waals surface area (Å²) in [4.78, 5) is 55.4. The van der Waals surface area contributed by atoms with Gasteiger partial charge in [-0.1, -0.05) is 18.2 Å². The molecule has 1 aliphatic heterocycles. The van der Waals surface area contributed by atoms with Crippen molar-refractivity contribution in [2.45, 2.75) is 52.4 Å².